The fourth-order valence-electron chi connectivity index (χ4n) is 3.00. The summed E-state index contributed by atoms with van der Waals surface area (Å²) in [7, 11) is 2.03. The van der Waals surface area contributed by atoms with E-state index in [1.54, 1.807) is 0 Å². The van der Waals surface area contributed by atoms with Gasteiger partial charge in [0.15, 0.2) is 0 Å². The minimum absolute atomic E-state index is 0.425. The van der Waals surface area contributed by atoms with E-state index in [4.69, 9.17) is 0 Å². The van der Waals surface area contributed by atoms with Crippen LogP contribution in [0.3, 0.4) is 0 Å². The van der Waals surface area contributed by atoms with Crippen molar-refractivity contribution in [1.29, 1.82) is 0 Å². The van der Waals surface area contributed by atoms with Crippen molar-refractivity contribution >= 4 is 0 Å². The van der Waals surface area contributed by atoms with E-state index in [1.807, 2.05) is 11.7 Å². The molecule has 3 heteroatoms. The highest BCUT2D eigenvalue weighted by Crippen LogP contribution is 2.64. The quantitative estimate of drug-likeness (QED) is 0.795. The molecule has 2 atom stereocenters. The van der Waals surface area contributed by atoms with Gasteiger partial charge in [0, 0.05) is 12.7 Å². The summed E-state index contributed by atoms with van der Waals surface area (Å²) in [5, 5.41) is 7.92. The molecule has 0 radical (unpaired) electrons. The molecule has 3 nitrogen and oxygen atoms in total. The van der Waals surface area contributed by atoms with Crippen LogP contribution in [-0.4, -0.2) is 22.9 Å². The van der Waals surface area contributed by atoms with E-state index in [2.05, 4.69) is 44.3 Å². The van der Waals surface area contributed by atoms with Crippen LogP contribution in [0.25, 0.3) is 0 Å². The zero-order valence-corrected chi connectivity index (χ0v) is 11.7. The molecule has 0 aromatic carbocycles. The summed E-state index contributed by atoms with van der Waals surface area (Å²) in [6, 6.07) is 0. The second-order valence-corrected chi connectivity index (χ2v) is 5.92. The molecular formula is C14H25N3. The van der Waals surface area contributed by atoms with Gasteiger partial charge in [-0.1, -0.05) is 20.8 Å². The van der Waals surface area contributed by atoms with Crippen LogP contribution in [0.1, 0.15) is 44.4 Å². The van der Waals surface area contributed by atoms with Crippen molar-refractivity contribution in [2.75, 3.05) is 13.1 Å². The van der Waals surface area contributed by atoms with Crippen molar-refractivity contribution in [3.8, 4) is 0 Å². The number of aromatic nitrogens is 2. The molecule has 1 saturated carbocycles. The highest BCUT2D eigenvalue weighted by Gasteiger charge is 2.58. The lowest BCUT2D eigenvalue weighted by Crippen LogP contribution is -2.19. The fraction of sp³-hybridized carbons (Fsp3) is 0.786. The predicted molar refractivity (Wildman–Crippen MR) is 71.1 cm³/mol. The Balaban J connectivity index is 2.05. The highest BCUT2D eigenvalue weighted by atomic mass is 15.3. The van der Waals surface area contributed by atoms with Crippen molar-refractivity contribution in [2.24, 2.45) is 18.4 Å². The second kappa shape index (κ2) is 4.45. The molecule has 1 aliphatic rings. The maximum Gasteiger partial charge on any atom is 0.0527 e. The maximum absolute atomic E-state index is 4.37. The first-order chi connectivity index (χ1) is 8.00. The van der Waals surface area contributed by atoms with Gasteiger partial charge < -0.3 is 5.32 Å². The molecule has 1 heterocycles. The van der Waals surface area contributed by atoms with Crippen molar-refractivity contribution in [3.63, 3.8) is 0 Å². The van der Waals surface area contributed by atoms with Crippen molar-refractivity contribution < 1.29 is 0 Å². The summed E-state index contributed by atoms with van der Waals surface area (Å²) in [5.74, 6) is 1.44. The molecule has 0 aliphatic heterocycles. The number of rotatable bonds is 5. The first-order valence-corrected chi connectivity index (χ1v) is 6.69. The molecule has 0 amide bonds. The second-order valence-electron chi connectivity index (χ2n) is 5.92. The van der Waals surface area contributed by atoms with Crippen LogP contribution in [-0.2, 0) is 7.05 Å². The Morgan fingerprint density at radius 2 is 2.18 bits per heavy atom. The molecule has 1 fully saturated rings. The molecule has 1 aromatic rings. The fourth-order valence-corrected chi connectivity index (χ4v) is 3.00. The van der Waals surface area contributed by atoms with Crippen LogP contribution in [0.15, 0.2) is 6.20 Å². The molecule has 0 spiro atoms. The molecule has 0 bridgehead atoms. The number of nitrogens with zero attached hydrogens (tertiary/aromatic N) is 2. The maximum atomic E-state index is 4.37. The molecular weight excluding hydrogens is 210 g/mol. The zero-order valence-electron chi connectivity index (χ0n) is 11.7. The van der Waals surface area contributed by atoms with Gasteiger partial charge in [0.1, 0.15) is 0 Å². The molecule has 2 unspecified atom stereocenters. The molecule has 96 valence electrons. The molecule has 1 aliphatic carbocycles. The highest BCUT2D eigenvalue weighted by molar-refractivity contribution is 5.33. The van der Waals surface area contributed by atoms with Crippen LogP contribution in [0.4, 0.5) is 0 Å². The van der Waals surface area contributed by atoms with Gasteiger partial charge in [0.05, 0.1) is 6.20 Å². The van der Waals surface area contributed by atoms with Gasteiger partial charge in [-0.3, -0.25) is 4.68 Å². The van der Waals surface area contributed by atoms with E-state index in [9.17, 15) is 0 Å². The third-order valence-electron chi connectivity index (χ3n) is 4.45. The molecule has 0 saturated heterocycles. The Hall–Kier alpha value is -0.830. The van der Waals surface area contributed by atoms with Gasteiger partial charge in [-0.05, 0) is 49.2 Å². The smallest absolute Gasteiger partial charge is 0.0527 e. The molecule has 17 heavy (non-hydrogen) atoms. The normalized spacial score (nSPS) is 26.2. The third-order valence-corrected chi connectivity index (χ3v) is 4.45. The van der Waals surface area contributed by atoms with Crippen molar-refractivity contribution in [1.82, 2.24) is 15.1 Å². The average Bonchev–Trinajstić information content (AvgIpc) is 2.64. The lowest BCUT2D eigenvalue weighted by Gasteiger charge is -2.03. The van der Waals surface area contributed by atoms with Crippen LogP contribution in [0.5, 0.6) is 0 Å². The van der Waals surface area contributed by atoms with Crippen LogP contribution < -0.4 is 5.32 Å². The van der Waals surface area contributed by atoms with Gasteiger partial charge in [-0.2, -0.15) is 5.10 Å². The van der Waals surface area contributed by atoms with Crippen LogP contribution in [0, 0.1) is 18.3 Å². The van der Waals surface area contributed by atoms with Gasteiger partial charge in [0.2, 0.25) is 0 Å². The Bertz CT molecular complexity index is 392. The number of nitrogens with one attached hydrogen (secondary N) is 1. The summed E-state index contributed by atoms with van der Waals surface area (Å²) in [6.45, 7) is 11.4. The van der Waals surface area contributed by atoms with E-state index in [0.29, 0.717) is 11.3 Å². The zero-order chi connectivity index (χ0) is 12.6. The Kier molecular flexibility index (Phi) is 3.30. The first-order valence-electron chi connectivity index (χ1n) is 6.69. The number of aryl methyl sites for hydroxylation is 1. The van der Waals surface area contributed by atoms with Crippen molar-refractivity contribution in [3.05, 3.63) is 17.5 Å². The van der Waals surface area contributed by atoms with Crippen LogP contribution in [0.2, 0.25) is 0 Å². The lowest BCUT2D eigenvalue weighted by molar-refractivity contribution is 0.518. The standard InChI is InChI=1S/C14H25N3/c1-6-7-15-9-12-13(14(12,3)4)11-8-16-17(5)10(11)2/h8,12-13,15H,6-7,9H2,1-5H3. The molecule has 2 rings (SSSR count). The monoisotopic (exact) mass is 235 g/mol. The topological polar surface area (TPSA) is 29.9 Å². The first kappa shape index (κ1) is 12.6. The Morgan fingerprint density at radius 1 is 1.47 bits per heavy atom. The van der Waals surface area contributed by atoms with E-state index in [1.165, 1.54) is 17.7 Å². The van der Waals surface area contributed by atoms with E-state index in [0.717, 1.165) is 19.0 Å². The Labute approximate surface area is 105 Å². The van der Waals surface area contributed by atoms with Gasteiger partial charge in [-0.15, -0.1) is 0 Å². The van der Waals surface area contributed by atoms with Crippen molar-refractivity contribution in [2.45, 2.75) is 40.0 Å². The summed E-state index contributed by atoms with van der Waals surface area (Å²) in [4.78, 5) is 0. The summed E-state index contributed by atoms with van der Waals surface area (Å²) in [5.41, 5.74) is 3.19. The van der Waals surface area contributed by atoms with E-state index < -0.39 is 0 Å². The van der Waals surface area contributed by atoms with E-state index >= 15 is 0 Å². The molecule has 1 aromatic heterocycles. The number of hydrogen-bond acceptors (Lipinski definition) is 2. The molecule has 1 N–H and O–H groups in total. The van der Waals surface area contributed by atoms with Gasteiger partial charge >= 0.3 is 0 Å². The largest absolute Gasteiger partial charge is 0.316 e. The number of hydrogen-bond donors (Lipinski definition) is 1. The predicted octanol–water partition coefficient (Wildman–Crippen LogP) is 2.47. The lowest BCUT2D eigenvalue weighted by atomic mass is 10.0. The van der Waals surface area contributed by atoms with Gasteiger partial charge in [-0.25, -0.2) is 0 Å². The summed E-state index contributed by atoms with van der Waals surface area (Å²) >= 11 is 0. The van der Waals surface area contributed by atoms with Gasteiger partial charge in [0.25, 0.3) is 0 Å². The minimum atomic E-state index is 0.425. The SMILES string of the molecule is CCCNCC1C(c2cnn(C)c2C)C1(C)C. The third kappa shape index (κ3) is 2.13. The average molecular weight is 235 g/mol. The van der Waals surface area contributed by atoms with Crippen LogP contribution >= 0.6 is 0 Å². The minimum Gasteiger partial charge on any atom is -0.316 e. The van der Waals surface area contributed by atoms with E-state index in [-0.39, 0.29) is 0 Å². The summed E-state index contributed by atoms with van der Waals surface area (Å²) in [6.07, 6.45) is 3.27. The Morgan fingerprint density at radius 3 is 2.71 bits per heavy atom. The summed E-state index contributed by atoms with van der Waals surface area (Å²) < 4.78 is 1.99.